The quantitative estimate of drug-likeness (QED) is 0.752. The molecule has 0 bridgehead atoms. The third-order valence-electron chi connectivity index (χ3n) is 6.18. The van der Waals surface area contributed by atoms with Crippen LogP contribution in [0.1, 0.15) is 70.8 Å². The molecule has 3 atom stereocenters. The number of nitrogens with zero attached hydrogens (tertiary/aromatic N) is 2. The van der Waals surface area contributed by atoms with Gasteiger partial charge in [0.2, 0.25) is 0 Å². The minimum absolute atomic E-state index is 0.0243. The van der Waals surface area contributed by atoms with E-state index in [-0.39, 0.29) is 23.7 Å². The van der Waals surface area contributed by atoms with Crippen molar-refractivity contribution in [2.24, 2.45) is 11.8 Å². The van der Waals surface area contributed by atoms with Gasteiger partial charge in [0.15, 0.2) is 0 Å². The lowest BCUT2D eigenvalue weighted by Crippen LogP contribution is -2.47. The van der Waals surface area contributed by atoms with E-state index in [0.717, 1.165) is 49.1 Å². The zero-order valence-electron chi connectivity index (χ0n) is 17.2. The van der Waals surface area contributed by atoms with E-state index in [4.69, 9.17) is 9.26 Å². The zero-order valence-corrected chi connectivity index (χ0v) is 17.2. The number of aromatic nitrogens is 1. The van der Waals surface area contributed by atoms with Crippen LogP contribution in [0.15, 0.2) is 10.6 Å². The number of aliphatic hydroxyl groups excluding tert-OH is 1. The molecular weight excluding hydrogens is 340 g/mol. The normalized spacial score (nSPS) is 29.4. The van der Waals surface area contributed by atoms with E-state index < -0.39 is 0 Å². The van der Waals surface area contributed by atoms with Crippen molar-refractivity contribution in [1.82, 2.24) is 10.1 Å². The second-order valence-corrected chi connectivity index (χ2v) is 10.2. The third kappa shape index (κ3) is 5.55. The van der Waals surface area contributed by atoms with Gasteiger partial charge in [0.1, 0.15) is 5.76 Å². The molecule has 0 spiro atoms. The summed E-state index contributed by atoms with van der Waals surface area (Å²) >= 11 is 0. The largest absolute Gasteiger partial charge is 0.390 e. The maximum atomic E-state index is 10.5. The number of aliphatic hydroxyl groups is 1. The molecule has 5 nitrogen and oxygen atoms in total. The fourth-order valence-corrected chi connectivity index (χ4v) is 4.07. The molecule has 3 fully saturated rings. The molecule has 3 aliphatic rings. The lowest BCUT2D eigenvalue weighted by molar-refractivity contribution is -0.126. The Hall–Kier alpha value is -0.910. The van der Waals surface area contributed by atoms with Gasteiger partial charge in [0, 0.05) is 37.5 Å². The van der Waals surface area contributed by atoms with E-state index in [1.165, 1.54) is 38.8 Å². The highest BCUT2D eigenvalue weighted by atomic mass is 16.5. The first-order valence-electron chi connectivity index (χ1n) is 10.9. The Kier molecular flexibility index (Phi) is 5.64. The highest BCUT2D eigenvalue weighted by molar-refractivity contribution is 5.13. The highest BCUT2D eigenvalue weighted by Gasteiger charge is 2.35. The Morgan fingerprint density at radius 1 is 1.04 bits per heavy atom. The maximum Gasteiger partial charge on any atom is 0.142 e. The predicted octanol–water partition coefficient (Wildman–Crippen LogP) is 3.55. The molecule has 0 aromatic carbocycles. The summed E-state index contributed by atoms with van der Waals surface area (Å²) in [6, 6.07) is 2.07. The molecule has 5 heteroatoms. The smallest absolute Gasteiger partial charge is 0.142 e. The molecule has 2 aliphatic carbocycles. The SMILES string of the molecule is CC(C)(C)c1cc(C[C@@H]2CC[C@H](O)[C@@H](CN(CC3CC3)CC3CC3)O2)no1. The van der Waals surface area contributed by atoms with Gasteiger partial charge in [-0.2, -0.15) is 0 Å². The van der Waals surface area contributed by atoms with Crippen molar-refractivity contribution in [2.75, 3.05) is 19.6 Å². The van der Waals surface area contributed by atoms with Crippen LogP contribution in [-0.4, -0.2) is 53.1 Å². The average molecular weight is 377 g/mol. The monoisotopic (exact) mass is 376 g/mol. The van der Waals surface area contributed by atoms with Crippen molar-refractivity contribution in [2.45, 2.75) is 89.4 Å². The maximum absolute atomic E-state index is 10.5. The highest BCUT2D eigenvalue weighted by Crippen LogP contribution is 2.34. The van der Waals surface area contributed by atoms with E-state index in [9.17, 15) is 5.11 Å². The number of ether oxygens (including phenoxy) is 1. The standard InChI is InChI=1S/C22H36N2O3/c1-22(2,3)21-11-17(23-27-21)10-18-8-9-19(25)20(26-18)14-24(12-15-4-5-15)13-16-6-7-16/h11,15-16,18-20,25H,4-10,12-14H2,1-3H3/t18-,19-,20+/m0/s1. The van der Waals surface area contributed by atoms with E-state index in [0.29, 0.717) is 0 Å². The molecule has 0 amide bonds. The molecule has 0 unspecified atom stereocenters. The molecule has 27 heavy (non-hydrogen) atoms. The van der Waals surface area contributed by atoms with Gasteiger partial charge in [0.05, 0.1) is 24.0 Å². The zero-order chi connectivity index (χ0) is 19.0. The molecule has 1 aliphatic heterocycles. The van der Waals surface area contributed by atoms with Crippen molar-refractivity contribution in [3.8, 4) is 0 Å². The summed E-state index contributed by atoms with van der Waals surface area (Å²) in [5.41, 5.74) is 0.941. The van der Waals surface area contributed by atoms with Crippen LogP contribution in [0.2, 0.25) is 0 Å². The van der Waals surface area contributed by atoms with Gasteiger partial charge in [0.25, 0.3) is 0 Å². The average Bonchev–Trinajstić information content (AvgIpc) is 3.52. The molecule has 1 N–H and O–H groups in total. The molecule has 2 saturated carbocycles. The van der Waals surface area contributed by atoms with Gasteiger partial charge in [-0.25, -0.2) is 0 Å². The summed E-state index contributed by atoms with van der Waals surface area (Å²) in [5.74, 6) is 2.68. The van der Waals surface area contributed by atoms with E-state index in [1.807, 2.05) is 0 Å². The summed E-state index contributed by atoms with van der Waals surface area (Å²) < 4.78 is 11.9. The van der Waals surface area contributed by atoms with Crippen LogP contribution in [0, 0.1) is 11.8 Å². The number of hydrogen-bond donors (Lipinski definition) is 1. The minimum atomic E-state index is -0.343. The lowest BCUT2D eigenvalue weighted by atomic mass is 9.92. The van der Waals surface area contributed by atoms with Gasteiger partial charge in [-0.3, -0.25) is 0 Å². The second kappa shape index (κ2) is 7.84. The van der Waals surface area contributed by atoms with Crippen molar-refractivity contribution in [3.05, 3.63) is 17.5 Å². The van der Waals surface area contributed by atoms with Crippen LogP contribution in [0.25, 0.3) is 0 Å². The Balaban J connectivity index is 1.33. The molecule has 152 valence electrons. The summed E-state index contributed by atoms with van der Waals surface area (Å²) in [7, 11) is 0. The molecule has 1 aromatic rings. The van der Waals surface area contributed by atoms with E-state index in [1.54, 1.807) is 0 Å². The first-order chi connectivity index (χ1) is 12.9. The Labute approximate surface area is 163 Å². The van der Waals surface area contributed by atoms with Crippen molar-refractivity contribution < 1.29 is 14.4 Å². The minimum Gasteiger partial charge on any atom is -0.390 e. The molecule has 4 rings (SSSR count). The summed E-state index contributed by atoms with van der Waals surface area (Å²) in [6.45, 7) is 9.65. The molecule has 1 aromatic heterocycles. The molecule has 0 radical (unpaired) electrons. The van der Waals surface area contributed by atoms with Gasteiger partial charge < -0.3 is 19.3 Å². The van der Waals surface area contributed by atoms with Crippen molar-refractivity contribution >= 4 is 0 Å². The van der Waals surface area contributed by atoms with Gasteiger partial charge >= 0.3 is 0 Å². The van der Waals surface area contributed by atoms with Crippen LogP contribution in [0.4, 0.5) is 0 Å². The summed E-state index contributed by atoms with van der Waals surface area (Å²) in [5, 5.41) is 14.8. The summed E-state index contributed by atoms with van der Waals surface area (Å²) in [6.07, 6.45) is 7.69. The number of hydrogen-bond acceptors (Lipinski definition) is 5. The Bertz CT molecular complexity index is 601. The van der Waals surface area contributed by atoms with E-state index >= 15 is 0 Å². The third-order valence-corrected chi connectivity index (χ3v) is 6.18. The van der Waals surface area contributed by atoms with Crippen LogP contribution < -0.4 is 0 Å². The topological polar surface area (TPSA) is 58.7 Å². The van der Waals surface area contributed by atoms with Gasteiger partial charge in [-0.15, -0.1) is 0 Å². The molecular formula is C22H36N2O3. The Morgan fingerprint density at radius 3 is 2.26 bits per heavy atom. The molecule has 2 heterocycles. The first-order valence-corrected chi connectivity index (χ1v) is 10.9. The molecule has 1 saturated heterocycles. The Morgan fingerprint density at radius 2 is 1.70 bits per heavy atom. The van der Waals surface area contributed by atoms with Crippen molar-refractivity contribution in [3.63, 3.8) is 0 Å². The van der Waals surface area contributed by atoms with Crippen LogP contribution >= 0.6 is 0 Å². The van der Waals surface area contributed by atoms with Gasteiger partial charge in [-0.1, -0.05) is 25.9 Å². The summed E-state index contributed by atoms with van der Waals surface area (Å²) in [4.78, 5) is 2.57. The fourth-order valence-electron chi connectivity index (χ4n) is 4.07. The lowest BCUT2D eigenvalue weighted by Gasteiger charge is -2.37. The predicted molar refractivity (Wildman–Crippen MR) is 105 cm³/mol. The fraction of sp³-hybridized carbons (Fsp3) is 0.864. The van der Waals surface area contributed by atoms with Gasteiger partial charge in [-0.05, 0) is 50.4 Å². The second-order valence-electron chi connectivity index (χ2n) is 10.2. The van der Waals surface area contributed by atoms with Crippen LogP contribution in [0.5, 0.6) is 0 Å². The van der Waals surface area contributed by atoms with Crippen LogP contribution in [-0.2, 0) is 16.6 Å². The van der Waals surface area contributed by atoms with E-state index in [2.05, 4.69) is 36.9 Å². The first kappa shape index (κ1) is 19.4. The number of rotatable bonds is 8. The van der Waals surface area contributed by atoms with Crippen molar-refractivity contribution in [1.29, 1.82) is 0 Å². The van der Waals surface area contributed by atoms with Crippen LogP contribution in [0.3, 0.4) is 0 Å².